The van der Waals surface area contributed by atoms with Crippen molar-refractivity contribution < 1.29 is 13.9 Å². The summed E-state index contributed by atoms with van der Waals surface area (Å²) in [6, 6.07) is 15.9. The third-order valence-electron chi connectivity index (χ3n) is 6.64. The van der Waals surface area contributed by atoms with E-state index in [1.165, 1.54) is 0 Å². The van der Waals surface area contributed by atoms with Crippen LogP contribution in [0, 0.1) is 0 Å². The van der Waals surface area contributed by atoms with Crippen LogP contribution in [0.5, 0.6) is 0 Å². The van der Waals surface area contributed by atoms with Crippen molar-refractivity contribution in [1.29, 1.82) is 0 Å². The minimum atomic E-state index is 0.616. The largest absolute Gasteiger partial charge is 0.421 e. The highest BCUT2D eigenvalue weighted by molar-refractivity contribution is 5.51. The molecule has 0 saturated carbocycles. The lowest BCUT2D eigenvalue weighted by Gasteiger charge is -2.09. The minimum Gasteiger partial charge on any atom is -0.383 e. The molecule has 0 aliphatic rings. The van der Waals surface area contributed by atoms with E-state index in [-0.39, 0.29) is 0 Å². The number of rotatable bonds is 16. The first-order chi connectivity index (χ1) is 20.1. The molecule has 11 heteroatoms. The van der Waals surface area contributed by atoms with Gasteiger partial charge in [-0.25, -0.2) is 18.3 Å². The van der Waals surface area contributed by atoms with Crippen LogP contribution in [0.2, 0.25) is 0 Å². The molecule has 216 valence electrons. The topological polar surface area (TPSA) is 100 Å². The molecule has 0 fully saturated rings. The van der Waals surface area contributed by atoms with E-state index >= 15 is 0 Å². The molecule has 0 spiro atoms. The normalized spacial score (nSPS) is 11.6. The molecule has 0 atom stereocenters. The second-order valence-electron chi connectivity index (χ2n) is 9.30. The first kappa shape index (κ1) is 29.6. The van der Waals surface area contributed by atoms with Crippen LogP contribution in [0.15, 0.2) is 93.8 Å². The monoisotopic (exact) mass is 558 g/mol. The molecule has 0 aliphatic heterocycles. The zero-order valence-corrected chi connectivity index (χ0v) is 24.6. The van der Waals surface area contributed by atoms with Gasteiger partial charge in [0.2, 0.25) is 0 Å². The van der Waals surface area contributed by atoms with E-state index in [9.17, 15) is 0 Å². The smallest absolute Gasteiger partial charge is 0.383 e. The summed E-state index contributed by atoms with van der Waals surface area (Å²) in [5.74, 6) is 1.71. The van der Waals surface area contributed by atoms with Crippen LogP contribution in [0.25, 0.3) is 0 Å². The van der Waals surface area contributed by atoms with Crippen molar-refractivity contribution in [2.24, 2.45) is 20.5 Å². The van der Waals surface area contributed by atoms with E-state index in [1.807, 2.05) is 73.3 Å². The van der Waals surface area contributed by atoms with E-state index in [0.29, 0.717) is 13.2 Å². The molecule has 0 aliphatic carbocycles. The molecule has 0 bridgehead atoms. The molecule has 11 nitrogen and oxygen atoms in total. The lowest BCUT2D eigenvalue weighted by atomic mass is 10.3. The minimum absolute atomic E-state index is 0.616. The van der Waals surface area contributed by atoms with Gasteiger partial charge in [-0.2, -0.15) is 0 Å². The summed E-state index contributed by atoms with van der Waals surface area (Å²) >= 11 is 0. The van der Waals surface area contributed by atoms with E-state index in [1.54, 1.807) is 0 Å². The fourth-order valence-electron chi connectivity index (χ4n) is 4.27. The summed E-state index contributed by atoms with van der Waals surface area (Å²) in [6.45, 7) is 14.5. The van der Waals surface area contributed by atoms with Gasteiger partial charge in [-0.05, 0) is 76.2 Å². The number of benzene rings is 2. The Morgan fingerprint density at radius 2 is 1.02 bits per heavy atom. The van der Waals surface area contributed by atoms with E-state index < -0.39 is 0 Å². The molecular weight excluding hydrogens is 516 g/mol. The Kier molecular flexibility index (Phi) is 11.1. The second kappa shape index (κ2) is 15.4. The van der Waals surface area contributed by atoms with Crippen molar-refractivity contribution in [3.8, 4) is 0 Å². The fourth-order valence-corrected chi connectivity index (χ4v) is 4.27. The van der Waals surface area contributed by atoms with Gasteiger partial charge in [0, 0.05) is 34.7 Å². The number of hydrogen-bond acceptors (Lipinski definition) is 7. The van der Waals surface area contributed by atoms with Crippen LogP contribution in [0.4, 0.5) is 34.6 Å². The maximum absolute atomic E-state index is 5.77. The number of imidazole rings is 2. The van der Waals surface area contributed by atoms with Gasteiger partial charge in [-0.3, -0.25) is 0 Å². The van der Waals surface area contributed by atoms with Crippen LogP contribution in [0.1, 0.15) is 27.7 Å². The molecule has 2 aromatic heterocycles. The fraction of sp³-hybridized carbons (Fsp3) is 0.400. The number of anilines is 2. The summed E-state index contributed by atoms with van der Waals surface area (Å²) in [7, 11) is 0. The zero-order valence-electron chi connectivity index (χ0n) is 24.6. The van der Waals surface area contributed by atoms with Gasteiger partial charge in [0.05, 0.1) is 64.2 Å². The standard InChI is InChI=1S/C30H40N10O/c1-5-37-19-20-38(6-2)29(37)35-33-27-13-9-25(10-14-27)31-17-23-41-24-18-32-26-11-15-28(16-12-26)34-36-30-39(7-3)21-22-40(30)8-4/h9-16,19-22H,5-8,17-18,23-24H2,1-4H3/p+2. The Hall–Kier alpha value is -4.38. The predicted octanol–water partition coefficient (Wildman–Crippen LogP) is 6.32. The first-order valence-corrected chi connectivity index (χ1v) is 14.4. The maximum atomic E-state index is 5.77. The average molecular weight is 559 g/mol. The molecule has 41 heavy (non-hydrogen) atoms. The molecule has 0 saturated heterocycles. The SMILES string of the molecule is CCn1cc[n+](CC)c1N=Nc1ccc(NCCOCCNc2ccc(N=Nc3n(CC)cc[n+]3CC)cc2)cc1. The van der Waals surface area contributed by atoms with Gasteiger partial charge in [-0.1, -0.05) is 10.2 Å². The van der Waals surface area contributed by atoms with Crippen molar-refractivity contribution >= 4 is 34.6 Å². The second-order valence-corrected chi connectivity index (χ2v) is 9.30. The van der Waals surface area contributed by atoms with Gasteiger partial charge in [0.1, 0.15) is 11.4 Å². The first-order valence-electron chi connectivity index (χ1n) is 14.4. The molecule has 0 amide bonds. The Morgan fingerprint density at radius 1 is 0.610 bits per heavy atom. The number of hydrogen-bond donors (Lipinski definition) is 2. The highest BCUT2D eigenvalue weighted by atomic mass is 16.5. The van der Waals surface area contributed by atoms with E-state index in [2.05, 4.69) is 77.1 Å². The van der Waals surface area contributed by atoms with Gasteiger partial charge >= 0.3 is 11.9 Å². The zero-order chi connectivity index (χ0) is 28.9. The van der Waals surface area contributed by atoms with Crippen molar-refractivity contribution in [3.05, 3.63) is 73.3 Å². The molecule has 0 unspecified atom stereocenters. The number of nitrogens with one attached hydrogen (secondary N) is 2. The van der Waals surface area contributed by atoms with Crippen LogP contribution in [0.3, 0.4) is 0 Å². The van der Waals surface area contributed by atoms with Gasteiger partial charge in [0.25, 0.3) is 0 Å². The lowest BCUT2D eigenvalue weighted by molar-refractivity contribution is -0.680. The average Bonchev–Trinajstić information content (AvgIpc) is 3.62. The lowest BCUT2D eigenvalue weighted by Crippen LogP contribution is -2.30. The summed E-state index contributed by atoms with van der Waals surface area (Å²) in [6.07, 6.45) is 8.12. The molecular formula is C30H42N10O+2. The van der Waals surface area contributed by atoms with Gasteiger partial charge < -0.3 is 15.4 Å². The Balaban J connectivity index is 1.13. The van der Waals surface area contributed by atoms with Crippen LogP contribution in [-0.4, -0.2) is 35.4 Å². The predicted molar refractivity (Wildman–Crippen MR) is 161 cm³/mol. The third kappa shape index (κ3) is 8.31. The Labute approximate surface area is 242 Å². The molecule has 0 radical (unpaired) electrons. The molecule has 2 N–H and O–H groups in total. The number of aromatic nitrogens is 4. The summed E-state index contributed by atoms with van der Waals surface area (Å²) in [5, 5.41) is 24.5. The quantitative estimate of drug-likeness (QED) is 0.0957. The molecule has 2 aromatic carbocycles. The number of nitrogens with zero attached hydrogens (tertiary/aromatic N) is 8. The number of aryl methyl sites for hydroxylation is 4. The van der Waals surface area contributed by atoms with Crippen LogP contribution < -0.4 is 19.8 Å². The molecule has 4 aromatic rings. The van der Waals surface area contributed by atoms with Gasteiger partial charge in [0.15, 0.2) is 0 Å². The summed E-state index contributed by atoms with van der Waals surface area (Å²) in [5.41, 5.74) is 3.68. The summed E-state index contributed by atoms with van der Waals surface area (Å²) in [4.78, 5) is 0. The van der Waals surface area contributed by atoms with Crippen molar-refractivity contribution in [1.82, 2.24) is 9.13 Å². The maximum Gasteiger partial charge on any atom is 0.421 e. The number of ether oxygens (including phenoxy) is 1. The van der Waals surface area contributed by atoms with Crippen molar-refractivity contribution in [2.45, 2.75) is 53.9 Å². The van der Waals surface area contributed by atoms with Crippen molar-refractivity contribution in [2.75, 3.05) is 36.9 Å². The van der Waals surface area contributed by atoms with Crippen molar-refractivity contribution in [3.63, 3.8) is 0 Å². The highest BCUT2D eigenvalue weighted by Crippen LogP contribution is 2.20. The molecule has 2 heterocycles. The Bertz CT molecular complexity index is 1250. The van der Waals surface area contributed by atoms with E-state index in [0.717, 1.165) is 73.9 Å². The molecule has 4 rings (SSSR count). The van der Waals surface area contributed by atoms with Crippen LogP contribution in [-0.2, 0) is 30.9 Å². The highest BCUT2D eigenvalue weighted by Gasteiger charge is 2.15. The summed E-state index contributed by atoms with van der Waals surface area (Å²) < 4.78 is 14.1. The Morgan fingerprint density at radius 3 is 1.39 bits per heavy atom. The van der Waals surface area contributed by atoms with E-state index in [4.69, 9.17) is 4.74 Å². The number of azo groups is 2. The van der Waals surface area contributed by atoms with Crippen LogP contribution >= 0.6 is 0 Å². The third-order valence-corrected chi connectivity index (χ3v) is 6.64. The van der Waals surface area contributed by atoms with Gasteiger partial charge in [-0.15, -0.1) is 0 Å².